The number of hydrogen-bond donors (Lipinski definition) is 2. The van der Waals surface area contributed by atoms with E-state index in [4.69, 9.17) is 9.47 Å². The number of ether oxygens (including phenoxy) is 2. The van der Waals surface area contributed by atoms with Crippen LogP contribution in [0.2, 0.25) is 0 Å². The number of thiophene rings is 1. The Balaban J connectivity index is 1.62. The number of amides is 1. The fourth-order valence-corrected chi connectivity index (χ4v) is 6.00. The highest BCUT2D eigenvalue weighted by Gasteiger charge is 2.42. The van der Waals surface area contributed by atoms with E-state index in [2.05, 4.69) is 16.7 Å². The van der Waals surface area contributed by atoms with Gasteiger partial charge in [0, 0.05) is 51.0 Å². The van der Waals surface area contributed by atoms with Crippen molar-refractivity contribution in [1.82, 2.24) is 5.32 Å². The Morgan fingerprint density at radius 3 is 2.54 bits per heavy atom. The highest BCUT2D eigenvalue weighted by atomic mass is 32.1. The van der Waals surface area contributed by atoms with Gasteiger partial charge in [-0.2, -0.15) is 0 Å². The normalized spacial score (nSPS) is 19.3. The molecular formula is C29H27FN2O4S. The second-order valence-electron chi connectivity index (χ2n) is 9.10. The summed E-state index contributed by atoms with van der Waals surface area (Å²) in [4.78, 5) is 28.7. The lowest BCUT2D eigenvalue weighted by Gasteiger charge is -2.37. The highest BCUT2D eigenvalue weighted by molar-refractivity contribution is 7.10. The maximum Gasteiger partial charge on any atom is 0.254 e. The van der Waals surface area contributed by atoms with Gasteiger partial charge in [0.25, 0.3) is 5.91 Å². The summed E-state index contributed by atoms with van der Waals surface area (Å²) in [5, 5.41) is 8.27. The molecule has 1 aromatic heterocycles. The fourth-order valence-electron chi connectivity index (χ4n) is 5.17. The molecule has 37 heavy (non-hydrogen) atoms. The average Bonchev–Trinajstić information content (AvgIpc) is 3.44. The maximum absolute atomic E-state index is 13.8. The smallest absolute Gasteiger partial charge is 0.254 e. The van der Waals surface area contributed by atoms with E-state index in [0.29, 0.717) is 52.4 Å². The van der Waals surface area contributed by atoms with Crippen LogP contribution < -0.4 is 20.1 Å². The summed E-state index contributed by atoms with van der Waals surface area (Å²) in [6, 6.07) is 15.0. The van der Waals surface area contributed by atoms with Gasteiger partial charge < -0.3 is 20.1 Å². The number of halogens is 1. The van der Waals surface area contributed by atoms with Gasteiger partial charge in [0.05, 0.1) is 20.1 Å². The quantitative estimate of drug-likeness (QED) is 0.425. The van der Waals surface area contributed by atoms with Crippen molar-refractivity contribution < 1.29 is 23.5 Å². The van der Waals surface area contributed by atoms with Gasteiger partial charge in [-0.1, -0.05) is 6.07 Å². The van der Waals surface area contributed by atoms with Gasteiger partial charge in [-0.3, -0.25) is 9.59 Å². The molecule has 5 rings (SSSR count). The highest BCUT2D eigenvalue weighted by Crippen LogP contribution is 2.48. The van der Waals surface area contributed by atoms with Gasteiger partial charge in [-0.15, -0.1) is 11.3 Å². The Labute approximate surface area is 218 Å². The summed E-state index contributed by atoms with van der Waals surface area (Å²) in [6.45, 7) is 1.84. The van der Waals surface area contributed by atoms with Crippen molar-refractivity contribution in [3.63, 3.8) is 0 Å². The number of rotatable bonds is 6. The van der Waals surface area contributed by atoms with Crippen LogP contribution in [0.4, 0.5) is 10.1 Å². The molecule has 0 spiro atoms. The van der Waals surface area contributed by atoms with E-state index in [0.717, 1.165) is 5.70 Å². The topological polar surface area (TPSA) is 76.7 Å². The first kappa shape index (κ1) is 24.8. The standard InChI is InChI=1S/C29H27FN2O4S/c1-16-26(29(34)32-19-8-6-18(30)7-9-19)27(21-15-20(35-2)10-11-24(21)36-3)28-22(31-16)13-17(14-23(28)33)25-5-4-12-37-25/h4-12,15,17,27,31H,13-14H2,1-3H3,(H,32,34). The number of benzene rings is 2. The molecule has 2 N–H and O–H groups in total. The zero-order valence-electron chi connectivity index (χ0n) is 20.8. The molecule has 2 aliphatic rings. The number of methoxy groups -OCH3 is 2. The summed E-state index contributed by atoms with van der Waals surface area (Å²) >= 11 is 1.65. The maximum atomic E-state index is 13.8. The molecule has 2 heterocycles. The molecule has 0 bridgehead atoms. The SMILES string of the molecule is COc1ccc(OC)c(C2C(C(=O)Nc3ccc(F)cc3)=C(C)NC3=C2C(=O)CC(c2cccs2)C3)c1. The van der Waals surface area contributed by atoms with Crippen LogP contribution in [0.15, 0.2) is 82.5 Å². The molecule has 6 nitrogen and oxygen atoms in total. The summed E-state index contributed by atoms with van der Waals surface area (Å²) in [5.74, 6) is -0.241. The van der Waals surface area contributed by atoms with Crippen LogP contribution in [0, 0.1) is 5.82 Å². The molecule has 8 heteroatoms. The third-order valence-corrected chi connectivity index (χ3v) is 7.90. The Morgan fingerprint density at radius 1 is 1.08 bits per heavy atom. The van der Waals surface area contributed by atoms with Crippen LogP contribution in [0.5, 0.6) is 11.5 Å². The van der Waals surface area contributed by atoms with Gasteiger partial charge in [0.1, 0.15) is 17.3 Å². The average molecular weight is 519 g/mol. The fraction of sp³-hybridized carbons (Fsp3) is 0.241. The van der Waals surface area contributed by atoms with Crippen molar-refractivity contribution in [2.24, 2.45) is 0 Å². The van der Waals surface area contributed by atoms with E-state index in [1.807, 2.05) is 24.4 Å². The third kappa shape index (κ3) is 4.76. The van der Waals surface area contributed by atoms with Gasteiger partial charge in [0.15, 0.2) is 5.78 Å². The van der Waals surface area contributed by atoms with Gasteiger partial charge >= 0.3 is 0 Å². The second kappa shape index (κ2) is 10.2. The number of Topliss-reactive ketones (excluding diaryl/α,β-unsaturated/α-hetero) is 1. The Hall–Kier alpha value is -3.91. The van der Waals surface area contributed by atoms with Crippen LogP contribution >= 0.6 is 11.3 Å². The predicted octanol–water partition coefficient (Wildman–Crippen LogP) is 5.90. The molecule has 2 aromatic carbocycles. The van der Waals surface area contributed by atoms with Crippen molar-refractivity contribution in [2.45, 2.75) is 31.6 Å². The minimum absolute atomic E-state index is 0.0124. The van der Waals surface area contributed by atoms with E-state index in [1.165, 1.54) is 29.1 Å². The molecule has 0 saturated carbocycles. The number of ketones is 1. The summed E-state index contributed by atoms with van der Waals surface area (Å²) in [6.07, 6.45) is 1.02. The molecular weight excluding hydrogens is 491 g/mol. The number of hydrogen-bond acceptors (Lipinski definition) is 6. The number of allylic oxidation sites excluding steroid dienone is 3. The van der Waals surface area contributed by atoms with Gasteiger partial charge in [-0.05, 0) is 67.3 Å². The minimum Gasteiger partial charge on any atom is -0.497 e. The lowest BCUT2D eigenvalue weighted by molar-refractivity contribution is -0.116. The molecule has 0 radical (unpaired) electrons. The first-order valence-electron chi connectivity index (χ1n) is 12.0. The van der Waals surface area contributed by atoms with E-state index < -0.39 is 11.7 Å². The lowest BCUT2D eigenvalue weighted by Crippen LogP contribution is -2.37. The zero-order chi connectivity index (χ0) is 26.1. The number of carbonyl (C=O) groups is 2. The zero-order valence-corrected chi connectivity index (χ0v) is 21.6. The van der Waals surface area contributed by atoms with Crippen molar-refractivity contribution >= 4 is 28.7 Å². The molecule has 3 aromatic rings. The third-order valence-electron chi connectivity index (χ3n) is 6.87. The molecule has 0 fully saturated rings. The Bertz CT molecular complexity index is 1410. The molecule has 0 saturated heterocycles. The minimum atomic E-state index is -0.668. The predicted molar refractivity (Wildman–Crippen MR) is 141 cm³/mol. The van der Waals surface area contributed by atoms with Crippen LogP contribution in [-0.4, -0.2) is 25.9 Å². The summed E-state index contributed by atoms with van der Waals surface area (Å²) < 4.78 is 24.6. The second-order valence-corrected chi connectivity index (χ2v) is 10.1. The number of dihydropyridines is 1. The van der Waals surface area contributed by atoms with Crippen LogP contribution in [0.1, 0.15) is 42.0 Å². The largest absolute Gasteiger partial charge is 0.497 e. The molecule has 2 unspecified atom stereocenters. The van der Waals surface area contributed by atoms with Gasteiger partial charge in [0.2, 0.25) is 0 Å². The first-order valence-corrected chi connectivity index (χ1v) is 12.8. The Morgan fingerprint density at radius 2 is 1.86 bits per heavy atom. The van der Waals surface area contributed by atoms with Crippen molar-refractivity contribution in [1.29, 1.82) is 0 Å². The number of nitrogens with one attached hydrogen (secondary N) is 2. The summed E-state index contributed by atoms with van der Waals surface area (Å²) in [5.41, 5.74) is 3.55. The molecule has 1 aliphatic heterocycles. The van der Waals surface area contributed by atoms with Crippen LogP contribution in [0.25, 0.3) is 0 Å². The van der Waals surface area contributed by atoms with Crippen LogP contribution in [-0.2, 0) is 9.59 Å². The van der Waals surface area contributed by atoms with Crippen molar-refractivity contribution in [3.8, 4) is 11.5 Å². The molecule has 1 aliphatic carbocycles. The monoisotopic (exact) mass is 518 g/mol. The van der Waals surface area contributed by atoms with Crippen LogP contribution in [0.3, 0.4) is 0 Å². The molecule has 2 atom stereocenters. The molecule has 1 amide bonds. The van der Waals surface area contributed by atoms with Gasteiger partial charge in [-0.25, -0.2) is 4.39 Å². The Kier molecular flexibility index (Phi) is 6.84. The lowest BCUT2D eigenvalue weighted by atomic mass is 9.72. The van der Waals surface area contributed by atoms with Crippen molar-refractivity contribution in [2.75, 3.05) is 19.5 Å². The van der Waals surface area contributed by atoms with E-state index >= 15 is 0 Å². The molecule has 190 valence electrons. The van der Waals surface area contributed by atoms with E-state index in [9.17, 15) is 14.0 Å². The number of anilines is 1. The summed E-state index contributed by atoms with van der Waals surface area (Å²) in [7, 11) is 3.13. The van der Waals surface area contributed by atoms with E-state index in [1.54, 1.807) is 37.7 Å². The van der Waals surface area contributed by atoms with E-state index in [-0.39, 0.29) is 17.6 Å². The van der Waals surface area contributed by atoms with Crippen molar-refractivity contribution in [3.05, 3.63) is 98.8 Å². The first-order chi connectivity index (χ1) is 17.9. The number of carbonyl (C=O) groups excluding carboxylic acids is 2.